The van der Waals surface area contributed by atoms with E-state index in [1.807, 2.05) is 42.0 Å². The summed E-state index contributed by atoms with van der Waals surface area (Å²) < 4.78 is 7.39. The molecule has 0 aliphatic heterocycles. The van der Waals surface area contributed by atoms with Crippen molar-refractivity contribution in [1.29, 1.82) is 0 Å². The number of hydrogen-bond donors (Lipinski definition) is 2. The van der Waals surface area contributed by atoms with Crippen molar-refractivity contribution >= 4 is 10.9 Å². The predicted octanol–water partition coefficient (Wildman–Crippen LogP) is 1.75. The van der Waals surface area contributed by atoms with Gasteiger partial charge in [-0.1, -0.05) is 0 Å². The standard InChI is InChI=1S/C16H18N4O2/c1-2-22-12-3-4-14-11(9-12)10-13(16(21)19-14)15-18-6-8-20(15)7-5-17/h3-4,6,8-10H,2,5,7,17H2,1H3,(H,19,21). The first-order chi connectivity index (χ1) is 10.7. The number of H-pyrrole nitrogens is 1. The molecule has 0 saturated carbocycles. The van der Waals surface area contributed by atoms with E-state index in [0.29, 0.717) is 31.1 Å². The Balaban J connectivity index is 2.14. The Morgan fingerprint density at radius 1 is 1.36 bits per heavy atom. The molecule has 0 aliphatic rings. The van der Waals surface area contributed by atoms with Crippen LogP contribution >= 0.6 is 0 Å². The van der Waals surface area contributed by atoms with Crippen molar-refractivity contribution < 1.29 is 4.74 Å². The smallest absolute Gasteiger partial charge is 0.259 e. The fourth-order valence-corrected chi connectivity index (χ4v) is 2.48. The molecule has 0 bridgehead atoms. The average molecular weight is 298 g/mol. The lowest BCUT2D eigenvalue weighted by atomic mass is 10.1. The van der Waals surface area contributed by atoms with Crippen LogP contribution in [0.5, 0.6) is 5.75 Å². The lowest BCUT2D eigenvalue weighted by Gasteiger charge is -2.08. The molecule has 0 spiro atoms. The van der Waals surface area contributed by atoms with Crippen LogP contribution in [0.25, 0.3) is 22.3 Å². The topological polar surface area (TPSA) is 85.9 Å². The van der Waals surface area contributed by atoms with Crippen molar-refractivity contribution in [3.8, 4) is 17.1 Å². The van der Waals surface area contributed by atoms with E-state index in [-0.39, 0.29) is 5.56 Å². The van der Waals surface area contributed by atoms with Gasteiger partial charge in [0, 0.05) is 36.4 Å². The maximum atomic E-state index is 12.3. The molecule has 0 fully saturated rings. The van der Waals surface area contributed by atoms with E-state index >= 15 is 0 Å². The summed E-state index contributed by atoms with van der Waals surface area (Å²) in [6, 6.07) is 7.44. The molecule has 3 rings (SSSR count). The molecule has 1 aromatic carbocycles. The summed E-state index contributed by atoms with van der Waals surface area (Å²) in [7, 11) is 0. The highest BCUT2D eigenvalue weighted by molar-refractivity contribution is 5.83. The van der Waals surface area contributed by atoms with Crippen molar-refractivity contribution in [2.24, 2.45) is 5.73 Å². The highest BCUT2D eigenvalue weighted by atomic mass is 16.5. The number of nitrogens with one attached hydrogen (secondary N) is 1. The average Bonchev–Trinajstić information content (AvgIpc) is 2.96. The lowest BCUT2D eigenvalue weighted by Crippen LogP contribution is -2.15. The van der Waals surface area contributed by atoms with E-state index in [0.717, 1.165) is 16.7 Å². The van der Waals surface area contributed by atoms with Gasteiger partial charge in [-0.25, -0.2) is 4.98 Å². The van der Waals surface area contributed by atoms with Gasteiger partial charge in [-0.15, -0.1) is 0 Å². The summed E-state index contributed by atoms with van der Waals surface area (Å²) in [5, 5.41) is 0.905. The zero-order valence-corrected chi connectivity index (χ0v) is 12.4. The maximum Gasteiger partial charge on any atom is 0.259 e. The number of aromatic nitrogens is 3. The molecular weight excluding hydrogens is 280 g/mol. The molecule has 6 nitrogen and oxygen atoms in total. The number of fused-ring (bicyclic) bond motifs is 1. The third-order valence-electron chi connectivity index (χ3n) is 3.45. The zero-order valence-electron chi connectivity index (χ0n) is 12.4. The highest BCUT2D eigenvalue weighted by Gasteiger charge is 2.11. The molecular formula is C16H18N4O2. The molecule has 0 amide bonds. The minimum absolute atomic E-state index is 0.166. The van der Waals surface area contributed by atoms with E-state index in [1.165, 1.54) is 0 Å². The molecule has 2 aromatic heterocycles. The Kier molecular flexibility index (Phi) is 3.93. The molecule has 2 heterocycles. The maximum absolute atomic E-state index is 12.3. The number of benzene rings is 1. The van der Waals surface area contributed by atoms with Crippen LogP contribution in [0.1, 0.15) is 6.92 Å². The minimum Gasteiger partial charge on any atom is -0.494 e. The number of nitrogens with two attached hydrogens (primary N) is 1. The van der Waals surface area contributed by atoms with Crippen LogP contribution in [-0.2, 0) is 6.54 Å². The van der Waals surface area contributed by atoms with Crippen LogP contribution in [-0.4, -0.2) is 27.7 Å². The van der Waals surface area contributed by atoms with Gasteiger partial charge in [-0.2, -0.15) is 0 Å². The number of nitrogens with zero attached hydrogens (tertiary/aromatic N) is 2. The molecule has 22 heavy (non-hydrogen) atoms. The first-order valence-electron chi connectivity index (χ1n) is 7.24. The van der Waals surface area contributed by atoms with Crippen LogP contribution in [0.2, 0.25) is 0 Å². The van der Waals surface area contributed by atoms with Gasteiger partial charge in [0.2, 0.25) is 0 Å². The monoisotopic (exact) mass is 298 g/mol. The molecule has 0 unspecified atom stereocenters. The Labute approximate surface area is 127 Å². The molecule has 3 aromatic rings. The number of pyridine rings is 1. The summed E-state index contributed by atoms with van der Waals surface area (Å²) in [4.78, 5) is 19.5. The van der Waals surface area contributed by atoms with Gasteiger partial charge in [0.15, 0.2) is 0 Å². The second-order valence-electron chi connectivity index (χ2n) is 4.93. The largest absolute Gasteiger partial charge is 0.494 e. The fraction of sp³-hybridized carbons (Fsp3) is 0.250. The fourth-order valence-electron chi connectivity index (χ4n) is 2.48. The molecule has 0 radical (unpaired) electrons. The molecule has 3 N–H and O–H groups in total. The molecule has 0 atom stereocenters. The van der Waals surface area contributed by atoms with Crippen molar-refractivity contribution in [1.82, 2.24) is 14.5 Å². The van der Waals surface area contributed by atoms with Crippen molar-refractivity contribution in [2.75, 3.05) is 13.2 Å². The van der Waals surface area contributed by atoms with Crippen LogP contribution in [0.3, 0.4) is 0 Å². The minimum atomic E-state index is -0.166. The van der Waals surface area contributed by atoms with Gasteiger partial charge in [-0.05, 0) is 31.2 Å². The van der Waals surface area contributed by atoms with E-state index < -0.39 is 0 Å². The van der Waals surface area contributed by atoms with Gasteiger partial charge in [0.1, 0.15) is 11.6 Å². The summed E-state index contributed by atoms with van der Waals surface area (Å²) in [6.45, 7) is 3.64. The van der Waals surface area contributed by atoms with Crippen LogP contribution in [0, 0.1) is 0 Å². The molecule has 0 saturated heterocycles. The number of imidazole rings is 1. The van der Waals surface area contributed by atoms with Crippen LogP contribution in [0.15, 0.2) is 41.5 Å². The van der Waals surface area contributed by atoms with E-state index in [9.17, 15) is 4.79 Å². The zero-order chi connectivity index (χ0) is 15.5. The first-order valence-corrected chi connectivity index (χ1v) is 7.24. The second kappa shape index (κ2) is 6.03. The summed E-state index contributed by atoms with van der Waals surface area (Å²) in [6.07, 6.45) is 3.49. The Morgan fingerprint density at radius 3 is 3.00 bits per heavy atom. The summed E-state index contributed by atoms with van der Waals surface area (Å²) in [5.41, 5.74) is 6.73. The van der Waals surface area contributed by atoms with Gasteiger partial charge >= 0.3 is 0 Å². The Hall–Kier alpha value is -2.60. The summed E-state index contributed by atoms with van der Waals surface area (Å²) in [5.74, 6) is 1.40. The van der Waals surface area contributed by atoms with Gasteiger partial charge in [0.05, 0.1) is 12.2 Å². The highest BCUT2D eigenvalue weighted by Crippen LogP contribution is 2.22. The Morgan fingerprint density at radius 2 is 2.23 bits per heavy atom. The second-order valence-corrected chi connectivity index (χ2v) is 4.93. The van der Waals surface area contributed by atoms with E-state index in [1.54, 1.807) is 6.20 Å². The van der Waals surface area contributed by atoms with Gasteiger partial charge in [-0.3, -0.25) is 4.79 Å². The first kappa shape index (κ1) is 14.3. The Bertz CT molecular complexity index is 851. The quantitative estimate of drug-likeness (QED) is 0.751. The van der Waals surface area contributed by atoms with Crippen LogP contribution < -0.4 is 16.0 Å². The normalized spacial score (nSPS) is 11.0. The number of aromatic amines is 1. The number of rotatable bonds is 5. The molecule has 6 heteroatoms. The predicted molar refractivity (Wildman–Crippen MR) is 86.0 cm³/mol. The number of hydrogen-bond acceptors (Lipinski definition) is 4. The number of ether oxygens (including phenoxy) is 1. The van der Waals surface area contributed by atoms with Crippen molar-refractivity contribution in [3.63, 3.8) is 0 Å². The van der Waals surface area contributed by atoms with Gasteiger partial charge < -0.3 is 20.0 Å². The molecule has 0 aliphatic carbocycles. The van der Waals surface area contributed by atoms with Crippen molar-refractivity contribution in [2.45, 2.75) is 13.5 Å². The summed E-state index contributed by atoms with van der Waals surface area (Å²) >= 11 is 0. The molecule has 114 valence electrons. The van der Waals surface area contributed by atoms with Crippen molar-refractivity contribution in [3.05, 3.63) is 47.0 Å². The van der Waals surface area contributed by atoms with E-state index in [4.69, 9.17) is 10.5 Å². The van der Waals surface area contributed by atoms with Gasteiger partial charge in [0.25, 0.3) is 5.56 Å². The SMILES string of the molecule is CCOc1ccc2[nH]c(=O)c(-c3nccn3CCN)cc2c1. The third kappa shape index (κ3) is 2.60. The lowest BCUT2D eigenvalue weighted by molar-refractivity contribution is 0.340. The third-order valence-corrected chi connectivity index (χ3v) is 3.45. The van der Waals surface area contributed by atoms with E-state index in [2.05, 4.69) is 9.97 Å². The van der Waals surface area contributed by atoms with Crippen LogP contribution in [0.4, 0.5) is 0 Å².